The molecule has 0 unspecified atom stereocenters. The normalized spacial score (nSPS) is 14.7. The van der Waals surface area contributed by atoms with Gasteiger partial charge in [0.25, 0.3) is 0 Å². The molecule has 0 saturated carbocycles. The Kier molecular flexibility index (Phi) is 7.10. The molecule has 2 heterocycles. The van der Waals surface area contributed by atoms with Crippen LogP contribution >= 0.6 is 12.2 Å². The molecule has 13 heteroatoms. The summed E-state index contributed by atoms with van der Waals surface area (Å²) in [6.45, 7) is 0.776. The largest absolute Gasteiger partial charge is 0.435 e. The summed E-state index contributed by atoms with van der Waals surface area (Å²) in [5.41, 5.74) is 6.23. The van der Waals surface area contributed by atoms with Gasteiger partial charge in [-0.2, -0.15) is 23.0 Å². The van der Waals surface area contributed by atoms with E-state index in [2.05, 4.69) is 15.6 Å². The number of nitrogens with two attached hydrogens (primary N) is 1. The van der Waals surface area contributed by atoms with Gasteiger partial charge in [0.15, 0.2) is 5.69 Å². The van der Waals surface area contributed by atoms with Crippen molar-refractivity contribution in [3.63, 3.8) is 0 Å². The van der Waals surface area contributed by atoms with E-state index in [0.29, 0.717) is 17.3 Å². The number of carbonyl (C=O) groups is 1. The number of hydrogen-bond donors (Lipinski definition) is 2. The van der Waals surface area contributed by atoms with Crippen molar-refractivity contribution in [3.8, 4) is 11.6 Å². The molecule has 0 atom stereocenters. The molecule has 0 bridgehead atoms. The van der Waals surface area contributed by atoms with Crippen LogP contribution in [-0.2, 0) is 11.0 Å². The van der Waals surface area contributed by atoms with Crippen molar-refractivity contribution in [2.24, 2.45) is 10.9 Å². The average molecular weight is 519 g/mol. The number of halogens is 3. The van der Waals surface area contributed by atoms with Gasteiger partial charge in [-0.1, -0.05) is 29.5 Å². The number of benzene rings is 2. The number of hydrogen-bond acceptors (Lipinski definition) is 6. The van der Waals surface area contributed by atoms with Crippen molar-refractivity contribution in [1.29, 1.82) is 0 Å². The first-order valence-corrected chi connectivity index (χ1v) is 11.1. The number of nitrogens with one attached hydrogen (secondary N) is 1. The molecule has 1 aromatic heterocycles. The molecular formula is C23H21F3N6O3S. The molecule has 3 aromatic rings. The molecule has 1 fully saturated rings. The topological polar surface area (TPSA) is 107 Å². The molecule has 3 N–H and O–H groups in total. The van der Waals surface area contributed by atoms with Gasteiger partial charge >= 0.3 is 12.3 Å². The predicted octanol–water partition coefficient (Wildman–Crippen LogP) is 4.70. The molecule has 1 saturated heterocycles. The average Bonchev–Trinajstić information content (AvgIpc) is 3.47. The minimum Gasteiger partial charge on any atom is -0.398 e. The Morgan fingerprint density at radius 3 is 2.58 bits per heavy atom. The van der Waals surface area contributed by atoms with Crippen LogP contribution in [0, 0.1) is 0 Å². The number of aromatic nitrogens is 2. The Balaban J connectivity index is 1.53. The van der Waals surface area contributed by atoms with Gasteiger partial charge in [-0.05, 0) is 42.8 Å². The Morgan fingerprint density at radius 1 is 1.17 bits per heavy atom. The molecule has 1 aliphatic rings. The highest BCUT2D eigenvalue weighted by Crippen LogP contribution is 2.32. The van der Waals surface area contributed by atoms with Crippen LogP contribution in [0.5, 0.6) is 5.88 Å². The van der Waals surface area contributed by atoms with E-state index in [4.69, 9.17) is 27.5 Å². The van der Waals surface area contributed by atoms with Gasteiger partial charge < -0.3 is 20.2 Å². The molecule has 9 nitrogen and oxygen atoms in total. The molecule has 1 amide bonds. The van der Waals surface area contributed by atoms with E-state index < -0.39 is 23.8 Å². The molecule has 36 heavy (non-hydrogen) atoms. The molecular weight excluding hydrogens is 497 g/mol. The Bertz CT molecular complexity index is 1310. The first-order valence-electron chi connectivity index (χ1n) is 10.7. The molecule has 4 rings (SSSR count). The summed E-state index contributed by atoms with van der Waals surface area (Å²) in [6, 6.07) is 13.6. The second-order valence-electron chi connectivity index (χ2n) is 7.70. The van der Waals surface area contributed by atoms with E-state index >= 15 is 0 Å². The first kappa shape index (κ1) is 25.0. The monoisotopic (exact) mass is 518 g/mol. The fourth-order valence-electron chi connectivity index (χ4n) is 3.65. The highest BCUT2D eigenvalue weighted by atomic mass is 32.1. The van der Waals surface area contributed by atoms with Crippen molar-refractivity contribution in [1.82, 2.24) is 9.78 Å². The molecule has 188 valence electrons. The zero-order valence-electron chi connectivity index (χ0n) is 19.0. The summed E-state index contributed by atoms with van der Waals surface area (Å²) in [6.07, 6.45) is -4.03. The number of amidine groups is 1. The number of ether oxygens (including phenoxy) is 1. The highest BCUT2D eigenvalue weighted by molar-refractivity contribution is 7.80. The Labute approximate surface area is 209 Å². The highest BCUT2D eigenvalue weighted by Gasteiger charge is 2.36. The first-order chi connectivity index (χ1) is 17.2. The third-order valence-electron chi connectivity index (χ3n) is 5.26. The minimum atomic E-state index is -4.75. The number of anilines is 2. The summed E-state index contributed by atoms with van der Waals surface area (Å²) in [5.74, 6) is 0.361. The van der Waals surface area contributed by atoms with Crippen LogP contribution in [-0.4, -0.2) is 40.4 Å². The number of alkyl halides is 3. The van der Waals surface area contributed by atoms with Gasteiger partial charge in [0.05, 0.1) is 5.69 Å². The third kappa shape index (κ3) is 5.57. The number of thiocarbonyl (C=S) groups is 1. The molecule has 2 aromatic carbocycles. The molecule has 0 spiro atoms. The standard InChI is InChI=1S/C23H21F3N6O3S/c1-34-30-19-6-3-11-31(19)16-9-7-15(8-10-16)28-22(33)35-20-13-18(23(24,25)26)29-32(20)17-5-2-4-14(12-17)21(27)36/h2,4-5,7-10,12-13H,3,6,11H2,1H3,(H2,27,36)(H,28,33). The van der Waals surface area contributed by atoms with Gasteiger partial charge in [-0.3, -0.25) is 5.32 Å². The lowest BCUT2D eigenvalue weighted by atomic mass is 10.2. The second kappa shape index (κ2) is 10.2. The van der Waals surface area contributed by atoms with E-state index in [0.717, 1.165) is 35.6 Å². The van der Waals surface area contributed by atoms with Crippen molar-refractivity contribution >= 4 is 40.5 Å². The molecule has 0 radical (unpaired) electrons. The van der Waals surface area contributed by atoms with Gasteiger partial charge in [0, 0.05) is 36.0 Å². The van der Waals surface area contributed by atoms with Gasteiger partial charge in [0.1, 0.15) is 17.9 Å². The van der Waals surface area contributed by atoms with Crippen molar-refractivity contribution in [2.45, 2.75) is 19.0 Å². The quantitative estimate of drug-likeness (QED) is 0.360. The predicted molar refractivity (Wildman–Crippen MR) is 132 cm³/mol. The van der Waals surface area contributed by atoms with Crippen LogP contribution in [0.1, 0.15) is 24.1 Å². The summed E-state index contributed by atoms with van der Waals surface area (Å²) in [5, 5.41) is 10.1. The van der Waals surface area contributed by atoms with E-state index in [1.54, 1.807) is 36.4 Å². The smallest absolute Gasteiger partial charge is 0.398 e. The van der Waals surface area contributed by atoms with Crippen LogP contribution in [0.2, 0.25) is 0 Å². The van der Waals surface area contributed by atoms with E-state index in [9.17, 15) is 18.0 Å². The van der Waals surface area contributed by atoms with Gasteiger partial charge in [0.2, 0.25) is 5.88 Å². The SMILES string of the molecule is CON=C1CCCN1c1ccc(NC(=O)Oc2cc(C(F)(F)F)nn2-c2cccc(C(N)=S)c2)cc1. The third-order valence-corrected chi connectivity index (χ3v) is 5.49. The van der Waals surface area contributed by atoms with Crippen LogP contribution in [0.4, 0.5) is 29.3 Å². The van der Waals surface area contributed by atoms with E-state index in [1.807, 2.05) is 4.90 Å². The van der Waals surface area contributed by atoms with E-state index in [1.165, 1.54) is 19.2 Å². The summed E-state index contributed by atoms with van der Waals surface area (Å²) >= 11 is 4.93. The number of oxime groups is 1. The van der Waals surface area contributed by atoms with E-state index in [-0.39, 0.29) is 10.7 Å². The number of amides is 1. The van der Waals surface area contributed by atoms with Gasteiger partial charge in [-0.15, -0.1) is 0 Å². The Hall–Kier alpha value is -4.13. The van der Waals surface area contributed by atoms with Crippen LogP contribution in [0.3, 0.4) is 0 Å². The fraction of sp³-hybridized carbons (Fsp3) is 0.217. The number of carbonyl (C=O) groups excluding carboxylic acids is 1. The van der Waals surface area contributed by atoms with Gasteiger partial charge in [-0.25, -0.2) is 4.79 Å². The second-order valence-corrected chi connectivity index (χ2v) is 8.14. The molecule has 1 aliphatic heterocycles. The zero-order valence-corrected chi connectivity index (χ0v) is 19.8. The maximum absolute atomic E-state index is 13.3. The van der Waals surface area contributed by atoms with Crippen LogP contribution in [0.15, 0.2) is 59.8 Å². The van der Waals surface area contributed by atoms with Crippen LogP contribution < -0.4 is 20.7 Å². The minimum absolute atomic E-state index is 0.0539. The van der Waals surface area contributed by atoms with Crippen molar-refractivity contribution in [2.75, 3.05) is 23.9 Å². The summed E-state index contributed by atoms with van der Waals surface area (Å²) in [4.78, 5) is 19.5. The van der Waals surface area contributed by atoms with Crippen LogP contribution in [0.25, 0.3) is 5.69 Å². The Morgan fingerprint density at radius 2 is 1.92 bits per heavy atom. The summed E-state index contributed by atoms with van der Waals surface area (Å²) in [7, 11) is 1.48. The zero-order chi connectivity index (χ0) is 25.9. The fourth-order valence-corrected chi connectivity index (χ4v) is 3.78. The van der Waals surface area contributed by atoms with Crippen molar-refractivity contribution < 1.29 is 27.5 Å². The maximum atomic E-state index is 13.3. The lowest BCUT2D eigenvalue weighted by molar-refractivity contribution is -0.141. The number of rotatable bonds is 6. The lowest BCUT2D eigenvalue weighted by Crippen LogP contribution is -2.24. The van der Waals surface area contributed by atoms with Crippen molar-refractivity contribution in [3.05, 3.63) is 65.9 Å². The molecule has 0 aliphatic carbocycles. The maximum Gasteiger partial charge on any atom is 0.435 e. The summed E-state index contributed by atoms with van der Waals surface area (Å²) < 4.78 is 46.1. The lowest BCUT2D eigenvalue weighted by Gasteiger charge is -2.18. The number of nitrogens with zero attached hydrogens (tertiary/aromatic N) is 4.